The Balaban J connectivity index is 2.15. The molecular formula is C16H23Cl2N. The molecule has 0 radical (unpaired) electrons. The lowest BCUT2D eigenvalue weighted by atomic mass is 9.97. The average Bonchev–Trinajstić information content (AvgIpc) is 2.72. The van der Waals surface area contributed by atoms with E-state index in [0.717, 1.165) is 6.42 Å². The Labute approximate surface area is 126 Å². The quantitative estimate of drug-likeness (QED) is 0.841. The monoisotopic (exact) mass is 299 g/mol. The first-order chi connectivity index (χ1) is 8.71. The molecule has 0 spiro atoms. The van der Waals surface area contributed by atoms with Crippen LogP contribution in [0.2, 0.25) is 10.0 Å². The molecule has 3 heteroatoms. The lowest BCUT2D eigenvalue weighted by molar-refractivity contribution is 0.421. The molecule has 1 N–H and O–H groups in total. The molecule has 19 heavy (non-hydrogen) atoms. The summed E-state index contributed by atoms with van der Waals surface area (Å²) in [5, 5.41) is 4.75. The topological polar surface area (TPSA) is 12.0 Å². The van der Waals surface area contributed by atoms with Crippen molar-refractivity contribution in [3.05, 3.63) is 33.8 Å². The molecule has 0 saturated heterocycles. The van der Waals surface area contributed by atoms with E-state index in [1.165, 1.54) is 5.56 Å². The molecular weight excluding hydrogens is 277 g/mol. The van der Waals surface area contributed by atoms with Crippen LogP contribution in [0.25, 0.3) is 0 Å². The zero-order chi connectivity index (χ0) is 14.4. The van der Waals surface area contributed by atoms with E-state index in [-0.39, 0.29) is 0 Å². The van der Waals surface area contributed by atoms with Crippen LogP contribution in [0.3, 0.4) is 0 Å². The van der Waals surface area contributed by atoms with Crippen LogP contribution in [-0.2, 0) is 6.42 Å². The number of hydrogen-bond acceptors (Lipinski definition) is 1. The predicted molar refractivity (Wildman–Crippen MR) is 84.1 cm³/mol. The van der Waals surface area contributed by atoms with Crippen molar-refractivity contribution in [3.8, 4) is 0 Å². The van der Waals surface area contributed by atoms with Crippen molar-refractivity contribution in [2.45, 2.75) is 40.2 Å². The second-order valence-electron chi connectivity index (χ2n) is 6.77. The van der Waals surface area contributed by atoms with Gasteiger partial charge in [-0.05, 0) is 47.9 Å². The third kappa shape index (κ3) is 2.53. The van der Waals surface area contributed by atoms with Crippen LogP contribution in [-0.4, -0.2) is 13.1 Å². The number of benzene rings is 1. The van der Waals surface area contributed by atoms with Gasteiger partial charge in [0.1, 0.15) is 0 Å². The van der Waals surface area contributed by atoms with E-state index in [4.69, 9.17) is 23.2 Å². The fourth-order valence-corrected chi connectivity index (χ4v) is 3.88. The van der Waals surface area contributed by atoms with Crippen LogP contribution in [0.4, 0.5) is 0 Å². The number of nitrogens with one attached hydrogen (secondary N) is 1. The van der Waals surface area contributed by atoms with Gasteiger partial charge in [-0.15, -0.1) is 0 Å². The van der Waals surface area contributed by atoms with Crippen molar-refractivity contribution in [3.63, 3.8) is 0 Å². The highest BCUT2D eigenvalue weighted by atomic mass is 35.5. The molecule has 0 aliphatic heterocycles. The third-order valence-electron chi connectivity index (χ3n) is 5.35. The summed E-state index contributed by atoms with van der Waals surface area (Å²) in [7, 11) is 2.05. The van der Waals surface area contributed by atoms with E-state index in [9.17, 15) is 0 Å². The molecule has 106 valence electrons. The number of likely N-dealkylation sites (N-methyl/N-ethyl adjacent to an activating group) is 1. The van der Waals surface area contributed by atoms with Crippen LogP contribution in [0.1, 0.15) is 33.3 Å². The zero-order valence-corrected chi connectivity index (χ0v) is 13.9. The summed E-state index contributed by atoms with van der Waals surface area (Å²) in [6.07, 6.45) is 0.991. The summed E-state index contributed by atoms with van der Waals surface area (Å²) in [5.41, 5.74) is 2.01. The van der Waals surface area contributed by atoms with Gasteiger partial charge in [0.25, 0.3) is 0 Å². The highest BCUT2D eigenvalue weighted by Crippen LogP contribution is 2.69. The molecule has 0 aromatic heterocycles. The molecule has 1 aliphatic carbocycles. The summed E-state index contributed by atoms with van der Waals surface area (Å²) in [6, 6.07) is 6.41. The van der Waals surface area contributed by atoms with Gasteiger partial charge in [-0.2, -0.15) is 0 Å². The summed E-state index contributed by atoms with van der Waals surface area (Å²) < 4.78 is 0. The molecule has 0 bridgehead atoms. The van der Waals surface area contributed by atoms with E-state index in [1.54, 1.807) is 0 Å². The second kappa shape index (κ2) is 4.95. The first kappa shape index (κ1) is 15.2. The van der Waals surface area contributed by atoms with E-state index in [0.29, 0.717) is 32.8 Å². The summed E-state index contributed by atoms with van der Waals surface area (Å²) in [4.78, 5) is 0. The van der Waals surface area contributed by atoms with Gasteiger partial charge in [0.15, 0.2) is 0 Å². The molecule has 1 aromatic rings. The molecule has 0 heterocycles. The van der Waals surface area contributed by atoms with Gasteiger partial charge in [0.2, 0.25) is 0 Å². The Bertz CT molecular complexity index is 466. The number of hydrogen-bond donors (Lipinski definition) is 1. The molecule has 1 fully saturated rings. The maximum atomic E-state index is 6.10. The van der Waals surface area contributed by atoms with Gasteiger partial charge in [-0.3, -0.25) is 0 Å². The second-order valence-corrected chi connectivity index (χ2v) is 7.58. The largest absolute Gasteiger partial charge is 0.316 e. The minimum absolute atomic E-state index is 0.386. The SMILES string of the molecule is CNC(Cc1ccc(Cl)c(Cl)c1)C1C(C)(C)C1(C)C. The van der Waals surface area contributed by atoms with Gasteiger partial charge in [-0.25, -0.2) is 0 Å². The first-order valence-electron chi connectivity index (χ1n) is 6.83. The van der Waals surface area contributed by atoms with Crippen LogP contribution in [0, 0.1) is 16.7 Å². The van der Waals surface area contributed by atoms with Crippen molar-refractivity contribution in [1.82, 2.24) is 5.32 Å². The number of rotatable bonds is 4. The van der Waals surface area contributed by atoms with E-state index in [2.05, 4.69) is 39.1 Å². The predicted octanol–water partition coefficient (Wildman–Crippen LogP) is 4.81. The Morgan fingerprint density at radius 2 is 1.68 bits per heavy atom. The van der Waals surface area contributed by atoms with E-state index < -0.39 is 0 Å². The van der Waals surface area contributed by atoms with Gasteiger partial charge >= 0.3 is 0 Å². The van der Waals surface area contributed by atoms with E-state index in [1.807, 2.05) is 19.2 Å². The molecule has 1 aromatic carbocycles. The van der Waals surface area contributed by atoms with Crippen LogP contribution in [0.15, 0.2) is 18.2 Å². The Kier molecular flexibility index (Phi) is 3.94. The maximum Gasteiger partial charge on any atom is 0.0595 e. The molecule has 1 unspecified atom stereocenters. The zero-order valence-electron chi connectivity index (χ0n) is 12.3. The minimum atomic E-state index is 0.386. The lowest BCUT2D eigenvalue weighted by Gasteiger charge is -2.19. The van der Waals surface area contributed by atoms with Gasteiger partial charge in [-0.1, -0.05) is 57.0 Å². The summed E-state index contributed by atoms with van der Waals surface area (Å²) in [5.74, 6) is 0.680. The molecule has 1 saturated carbocycles. The number of halogens is 2. The molecule has 0 amide bonds. The molecule has 2 rings (SSSR count). The maximum absolute atomic E-state index is 6.10. The highest BCUT2D eigenvalue weighted by molar-refractivity contribution is 6.42. The Morgan fingerprint density at radius 1 is 1.11 bits per heavy atom. The van der Waals surface area contributed by atoms with Crippen LogP contribution < -0.4 is 5.32 Å². The first-order valence-corrected chi connectivity index (χ1v) is 7.58. The van der Waals surface area contributed by atoms with Gasteiger partial charge < -0.3 is 5.32 Å². The average molecular weight is 300 g/mol. The normalized spacial score (nSPS) is 22.3. The van der Waals surface area contributed by atoms with Crippen molar-refractivity contribution < 1.29 is 0 Å². The molecule has 1 aliphatic rings. The standard InChI is InChI=1S/C16H23Cl2N/c1-15(2)14(16(15,3)4)13(19-5)9-10-6-7-11(17)12(18)8-10/h6-8,13-14,19H,9H2,1-5H3. The van der Waals surface area contributed by atoms with Crippen molar-refractivity contribution in [2.75, 3.05) is 7.05 Å². The van der Waals surface area contributed by atoms with Gasteiger partial charge in [0.05, 0.1) is 10.0 Å². The van der Waals surface area contributed by atoms with Crippen molar-refractivity contribution in [1.29, 1.82) is 0 Å². The van der Waals surface area contributed by atoms with Crippen LogP contribution in [0.5, 0.6) is 0 Å². The van der Waals surface area contributed by atoms with Crippen molar-refractivity contribution >= 4 is 23.2 Å². The minimum Gasteiger partial charge on any atom is -0.316 e. The Hall–Kier alpha value is -0.240. The summed E-state index contributed by atoms with van der Waals surface area (Å²) in [6.45, 7) is 9.43. The lowest BCUT2D eigenvalue weighted by Crippen LogP contribution is -2.32. The van der Waals surface area contributed by atoms with Gasteiger partial charge in [0, 0.05) is 6.04 Å². The summed E-state index contributed by atoms with van der Waals surface area (Å²) >= 11 is 12.1. The fraction of sp³-hybridized carbons (Fsp3) is 0.625. The molecule has 1 atom stereocenters. The highest BCUT2D eigenvalue weighted by Gasteiger charge is 2.66. The smallest absolute Gasteiger partial charge is 0.0595 e. The van der Waals surface area contributed by atoms with E-state index >= 15 is 0 Å². The third-order valence-corrected chi connectivity index (χ3v) is 6.08. The Morgan fingerprint density at radius 3 is 2.11 bits per heavy atom. The molecule has 1 nitrogen and oxygen atoms in total. The van der Waals surface area contributed by atoms with Crippen LogP contribution >= 0.6 is 23.2 Å². The van der Waals surface area contributed by atoms with Crippen molar-refractivity contribution in [2.24, 2.45) is 16.7 Å². The fourth-order valence-electron chi connectivity index (χ4n) is 3.56.